The molecule has 0 bridgehead atoms. The minimum atomic E-state index is -3.94. The Labute approximate surface area is 167 Å². The Hall–Kier alpha value is -3.31. The summed E-state index contributed by atoms with van der Waals surface area (Å²) in [5.74, 6) is -0.643. The second kappa shape index (κ2) is 10.3. The highest BCUT2D eigenvalue weighted by molar-refractivity contribution is 7.89. The van der Waals surface area contributed by atoms with Crippen molar-refractivity contribution in [2.45, 2.75) is 11.3 Å². The molecule has 0 aromatic heterocycles. The minimum Gasteiger partial charge on any atom is -0.355 e. The molecule has 2 aromatic rings. The van der Waals surface area contributed by atoms with E-state index in [2.05, 4.69) is 15.4 Å². The van der Waals surface area contributed by atoms with Gasteiger partial charge in [0.05, 0.1) is 9.82 Å². The molecule has 0 heterocycles. The Morgan fingerprint density at radius 3 is 2.34 bits per heavy atom. The lowest BCUT2D eigenvalue weighted by molar-refractivity contribution is -0.385. The molecule has 0 aliphatic carbocycles. The number of nitrogens with one attached hydrogen (secondary N) is 3. The van der Waals surface area contributed by atoms with Gasteiger partial charge in [-0.05, 0) is 18.2 Å². The number of nitro groups is 1. The maximum atomic E-state index is 12.1. The molecule has 0 unspecified atom stereocenters. The lowest BCUT2D eigenvalue weighted by Gasteiger charge is -2.09. The summed E-state index contributed by atoms with van der Waals surface area (Å²) in [6.07, 6.45) is 0.0379. The van der Waals surface area contributed by atoms with Crippen molar-refractivity contribution in [2.75, 3.05) is 19.6 Å². The summed E-state index contributed by atoms with van der Waals surface area (Å²) >= 11 is 0. The molecule has 10 nitrogen and oxygen atoms in total. The topological polar surface area (TPSA) is 148 Å². The number of non-ortho nitro benzene ring substituents is 1. The lowest BCUT2D eigenvalue weighted by atomic mass is 10.2. The number of nitro benzene ring substituents is 1. The lowest BCUT2D eigenvalue weighted by Crippen LogP contribution is -2.36. The fourth-order valence-electron chi connectivity index (χ4n) is 2.30. The number of sulfonamides is 1. The van der Waals surface area contributed by atoms with Gasteiger partial charge in [0.15, 0.2) is 0 Å². The van der Waals surface area contributed by atoms with Crippen molar-refractivity contribution >= 4 is 27.5 Å². The molecule has 154 valence electrons. The average Bonchev–Trinajstić information content (AvgIpc) is 2.72. The monoisotopic (exact) mass is 420 g/mol. The number of amides is 2. The minimum absolute atomic E-state index is 0.0274. The first-order valence-electron chi connectivity index (χ1n) is 8.63. The third kappa shape index (κ3) is 6.97. The van der Waals surface area contributed by atoms with Crippen LogP contribution < -0.4 is 15.4 Å². The maximum absolute atomic E-state index is 12.1. The summed E-state index contributed by atoms with van der Waals surface area (Å²) in [6.45, 7) is 0.0751. The highest BCUT2D eigenvalue weighted by Gasteiger charge is 2.17. The predicted molar refractivity (Wildman–Crippen MR) is 105 cm³/mol. The van der Waals surface area contributed by atoms with Gasteiger partial charge < -0.3 is 10.6 Å². The summed E-state index contributed by atoms with van der Waals surface area (Å²) < 4.78 is 26.5. The molecule has 2 rings (SSSR count). The van der Waals surface area contributed by atoms with Crippen molar-refractivity contribution in [3.63, 3.8) is 0 Å². The smallest absolute Gasteiger partial charge is 0.270 e. The van der Waals surface area contributed by atoms with Crippen LogP contribution in [0, 0.1) is 10.1 Å². The molecule has 0 spiro atoms. The second-order valence-electron chi connectivity index (χ2n) is 5.87. The van der Waals surface area contributed by atoms with Gasteiger partial charge in [0.1, 0.15) is 0 Å². The van der Waals surface area contributed by atoms with Crippen LogP contribution in [0.15, 0.2) is 59.5 Å². The van der Waals surface area contributed by atoms with Crippen LogP contribution in [0.3, 0.4) is 0 Å². The molecule has 29 heavy (non-hydrogen) atoms. The number of hydrogen-bond donors (Lipinski definition) is 3. The summed E-state index contributed by atoms with van der Waals surface area (Å²) in [5, 5.41) is 15.9. The van der Waals surface area contributed by atoms with Gasteiger partial charge in [0, 0.05) is 43.8 Å². The molecule has 0 saturated carbocycles. The normalized spacial score (nSPS) is 10.9. The quantitative estimate of drug-likeness (QED) is 0.294. The molecular formula is C18H20N4O6S. The zero-order valence-corrected chi connectivity index (χ0v) is 16.1. The third-order valence-corrected chi connectivity index (χ3v) is 5.21. The van der Waals surface area contributed by atoms with Gasteiger partial charge in [-0.2, -0.15) is 0 Å². The number of nitrogens with zero attached hydrogens (tertiary/aromatic N) is 1. The van der Waals surface area contributed by atoms with Crippen LogP contribution in [-0.4, -0.2) is 44.8 Å². The average molecular weight is 420 g/mol. The SMILES string of the molecule is O=C(CCNC(=O)c1ccccc1)NCCNS(=O)(=O)c1cccc([N+](=O)[O-])c1. The molecule has 0 radical (unpaired) electrons. The fourth-order valence-corrected chi connectivity index (χ4v) is 3.38. The van der Waals surface area contributed by atoms with E-state index in [-0.39, 0.29) is 48.5 Å². The molecule has 0 aliphatic rings. The van der Waals surface area contributed by atoms with Gasteiger partial charge in [-0.25, -0.2) is 13.1 Å². The number of carbonyl (C=O) groups excluding carboxylic acids is 2. The predicted octanol–water partition coefficient (Wildman–Crippen LogP) is 0.809. The Morgan fingerprint density at radius 1 is 0.931 bits per heavy atom. The number of benzene rings is 2. The van der Waals surface area contributed by atoms with Crippen LogP contribution in [0.4, 0.5) is 5.69 Å². The number of carbonyl (C=O) groups is 2. The summed E-state index contributed by atoms with van der Waals surface area (Å²) in [4.78, 5) is 33.4. The summed E-state index contributed by atoms with van der Waals surface area (Å²) in [5.41, 5.74) is 0.155. The van der Waals surface area contributed by atoms with Crippen molar-refractivity contribution in [1.82, 2.24) is 15.4 Å². The van der Waals surface area contributed by atoms with E-state index in [1.807, 2.05) is 0 Å². The fraction of sp³-hybridized carbons (Fsp3) is 0.222. The molecular weight excluding hydrogens is 400 g/mol. The third-order valence-electron chi connectivity index (χ3n) is 3.75. The molecule has 2 aromatic carbocycles. The first-order valence-corrected chi connectivity index (χ1v) is 10.1. The maximum Gasteiger partial charge on any atom is 0.270 e. The van der Waals surface area contributed by atoms with Crippen molar-refractivity contribution in [1.29, 1.82) is 0 Å². The van der Waals surface area contributed by atoms with Crippen LogP contribution >= 0.6 is 0 Å². The van der Waals surface area contributed by atoms with E-state index >= 15 is 0 Å². The molecule has 3 N–H and O–H groups in total. The molecule has 0 aliphatic heterocycles. The molecule has 0 fully saturated rings. The van der Waals surface area contributed by atoms with Crippen molar-refractivity contribution < 1.29 is 22.9 Å². The molecule has 0 saturated heterocycles. The number of hydrogen-bond acceptors (Lipinski definition) is 6. The highest BCUT2D eigenvalue weighted by atomic mass is 32.2. The van der Waals surface area contributed by atoms with E-state index in [0.29, 0.717) is 5.56 Å². The Balaban J connectivity index is 1.70. The summed E-state index contributed by atoms with van der Waals surface area (Å²) in [7, 11) is -3.94. The Morgan fingerprint density at radius 2 is 1.66 bits per heavy atom. The standard InChI is InChI=1S/C18H20N4O6S/c23-17(9-10-20-18(24)14-5-2-1-3-6-14)19-11-12-21-29(27,28)16-8-4-7-15(13-16)22(25)26/h1-8,13,21H,9-12H2,(H,19,23)(H,20,24). The van der Waals surface area contributed by atoms with E-state index in [0.717, 1.165) is 6.07 Å². The van der Waals surface area contributed by atoms with Crippen molar-refractivity contribution in [3.8, 4) is 0 Å². The van der Waals surface area contributed by atoms with E-state index in [1.54, 1.807) is 30.3 Å². The van der Waals surface area contributed by atoms with E-state index in [4.69, 9.17) is 0 Å². The van der Waals surface area contributed by atoms with E-state index in [1.165, 1.54) is 18.2 Å². The molecule has 2 amide bonds. The van der Waals surface area contributed by atoms with Crippen molar-refractivity contribution in [2.24, 2.45) is 0 Å². The van der Waals surface area contributed by atoms with Gasteiger partial charge in [0.2, 0.25) is 15.9 Å². The number of rotatable bonds is 10. The van der Waals surface area contributed by atoms with Gasteiger partial charge >= 0.3 is 0 Å². The van der Waals surface area contributed by atoms with Gasteiger partial charge in [-0.1, -0.05) is 24.3 Å². The van der Waals surface area contributed by atoms with E-state index in [9.17, 15) is 28.1 Å². The largest absolute Gasteiger partial charge is 0.355 e. The second-order valence-corrected chi connectivity index (χ2v) is 7.64. The van der Waals surface area contributed by atoms with Crippen LogP contribution in [0.2, 0.25) is 0 Å². The first kappa shape index (κ1) is 22.0. The van der Waals surface area contributed by atoms with E-state index < -0.39 is 14.9 Å². The van der Waals surface area contributed by atoms with Gasteiger partial charge in [-0.15, -0.1) is 0 Å². The zero-order valence-electron chi connectivity index (χ0n) is 15.3. The van der Waals surface area contributed by atoms with Gasteiger partial charge in [0.25, 0.3) is 11.6 Å². The molecule has 0 atom stereocenters. The van der Waals surface area contributed by atoms with Crippen LogP contribution in [0.5, 0.6) is 0 Å². The van der Waals surface area contributed by atoms with Crippen LogP contribution in [0.1, 0.15) is 16.8 Å². The highest BCUT2D eigenvalue weighted by Crippen LogP contribution is 2.16. The van der Waals surface area contributed by atoms with Crippen molar-refractivity contribution in [3.05, 3.63) is 70.3 Å². The Kier molecular flexibility index (Phi) is 7.80. The zero-order chi connectivity index (χ0) is 21.3. The van der Waals surface area contributed by atoms with Crippen LogP contribution in [-0.2, 0) is 14.8 Å². The Bertz CT molecular complexity index is 979. The van der Waals surface area contributed by atoms with Crippen LogP contribution in [0.25, 0.3) is 0 Å². The summed E-state index contributed by atoms with van der Waals surface area (Å²) in [6, 6.07) is 13.2. The first-order chi connectivity index (χ1) is 13.8. The molecule has 11 heteroatoms. The van der Waals surface area contributed by atoms with Gasteiger partial charge in [-0.3, -0.25) is 19.7 Å².